The van der Waals surface area contributed by atoms with Gasteiger partial charge in [0.15, 0.2) is 5.82 Å². The molecule has 1 aliphatic rings. The fourth-order valence-corrected chi connectivity index (χ4v) is 4.31. The maximum Gasteiger partial charge on any atom is 0.257 e. The van der Waals surface area contributed by atoms with E-state index >= 15 is 0 Å². The third-order valence-corrected chi connectivity index (χ3v) is 6.36. The summed E-state index contributed by atoms with van der Waals surface area (Å²) in [5.74, 6) is 1.05. The molecule has 2 aromatic heterocycles. The van der Waals surface area contributed by atoms with Crippen LogP contribution >= 0.6 is 11.8 Å². The van der Waals surface area contributed by atoms with Crippen molar-refractivity contribution in [3.8, 4) is 0 Å². The number of nitrogens with one attached hydrogen (secondary N) is 2. The first-order chi connectivity index (χ1) is 13.0. The van der Waals surface area contributed by atoms with E-state index in [0.29, 0.717) is 16.8 Å². The second-order valence-corrected chi connectivity index (χ2v) is 8.90. The Morgan fingerprint density at radius 1 is 1.11 bits per heavy atom. The van der Waals surface area contributed by atoms with Gasteiger partial charge in [-0.25, -0.2) is 13.4 Å². The molecule has 0 bridgehead atoms. The minimum absolute atomic E-state index is 0.197. The molecule has 3 aromatic rings. The summed E-state index contributed by atoms with van der Waals surface area (Å²) in [6, 6.07) is 6.70. The highest BCUT2D eigenvalue weighted by atomic mass is 32.2. The van der Waals surface area contributed by atoms with Gasteiger partial charge in [0.2, 0.25) is 5.16 Å². The van der Waals surface area contributed by atoms with Crippen LogP contribution in [0, 0.1) is 6.92 Å². The lowest BCUT2D eigenvalue weighted by Crippen LogP contribution is -2.32. The van der Waals surface area contributed by atoms with Crippen LogP contribution in [0.1, 0.15) is 29.7 Å². The lowest BCUT2D eigenvalue weighted by Gasteiger charge is -2.20. The van der Waals surface area contributed by atoms with Crippen LogP contribution in [-0.2, 0) is 22.9 Å². The van der Waals surface area contributed by atoms with Crippen LogP contribution in [-0.4, -0.2) is 34.3 Å². The van der Waals surface area contributed by atoms with Crippen LogP contribution in [0.3, 0.4) is 0 Å². The Morgan fingerprint density at radius 2 is 1.85 bits per heavy atom. The number of hydrogen-bond donors (Lipinski definition) is 2. The zero-order chi connectivity index (χ0) is 19.0. The van der Waals surface area contributed by atoms with E-state index in [9.17, 15) is 8.42 Å². The predicted molar refractivity (Wildman–Crippen MR) is 104 cm³/mol. The van der Waals surface area contributed by atoms with Crippen LogP contribution in [0.5, 0.6) is 0 Å². The highest BCUT2D eigenvalue weighted by molar-refractivity contribution is 7.98. The molecule has 0 aliphatic heterocycles. The number of anilines is 1. The molecule has 8 nitrogen and oxygen atoms in total. The molecular weight excluding hydrogens is 384 g/mol. The van der Waals surface area contributed by atoms with Gasteiger partial charge in [0.25, 0.3) is 15.8 Å². The summed E-state index contributed by atoms with van der Waals surface area (Å²) >= 11 is 1.42. The highest BCUT2D eigenvalue weighted by Crippen LogP contribution is 2.28. The summed E-state index contributed by atoms with van der Waals surface area (Å²) in [6.07, 6.45) is 5.66. The smallest absolute Gasteiger partial charge is 0.257 e. The van der Waals surface area contributed by atoms with Crippen LogP contribution < -0.4 is 10.3 Å². The van der Waals surface area contributed by atoms with Gasteiger partial charge in [-0.1, -0.05) is 29.5 Å². The van der Waals surface area contributed by atoms with Gasteiger partial charge in [0.1, 0.15) is 0 Å². The number of thioether (sulfide) groups is 1. The number of hydrazine groups is 1. The fourth-order valence-electron chi connectivity index (χ4n) is 3.13. The molecule has 0 atom stereocenters. The van der Waals surface area contributed by atoms with Gasteiger partial charge < -0.3 is 0 Å². The molecule has 4 rings (SSSR count). The molecule has 27 heavy (non-hydrogen) atoms. The molecule has 0 fully saturated rings. The van der Waals surface area contributed by atoms with E-state index in [-0.39, 0.29) is 4.90 Å². The van der Waals surface area contributed by atoms with Crippen LogP contribution in [0.25, 0.3) is 5.78 Å². The van der Waals surface area contributed by atoms with E-state index in [1.54, 1.807) is 28.8 Å². The maximum absolute atomic E-state index is 12.6. The van der Waals surface area contributed by atoms with Crippen molar-refractivity contribution in [2.45, 2.75) is 42.7 Å². The van der Waals surface area contributed by atoms with Gasteiger partial charge in [-0.15, -0.1) is 9.93 Å². The average molecular weight is 405 g/mol. The normalized spacial score (nSPS) is 14.3. The quantitative estimate of drug-likeness (QED) is 0.497. The van der Waals surface area contributed by atoms with Crippen molar-refractivity contribution < 1.29 is 8.42 Å². The van der Waals surface area contributed by atoms with E-state index in [4.69, 9.17) is 0 Å². The Labute approximate surface area is 161 Å². The number of rotatable bonds is 5. The molecule has 0 saturated heterocycles. The van der Waals surface area contributed by atoms with Crippen LogP contribution in [0.2, 0.25) is 0 Å². The Morgan fingerprint density at radius 3 is 2.59 bits per heavy atom. The molecule has 1 aromatic carbocycles. The SMILES string of the molecule is CSc1nc2nc3c(c(NNS(=O)(=O)c4ccc(C)cc4)n2n1)CCCC3. The standard InChI is InChI=1S/C17H20N6O2S2/c1-11-7-9-12(10-8-11)27(24,25)22-20-15-13-5-3-4-6-14(13)18-16-19-17(26-2)21-23(15)16/h7-10,20,22H,3-6H2,1-2H3. The van der Waals surface area contributed by atoms with Crippen LogP contribution in [0.15, 0.2) is 34.3 Å². The fraction of sp³-hybridized carbons (Fsp3) is 0.353. The Kier molecular flexibility index (Phi) is 4.79. The van der Waals surface area contributed by atoms with Crippen molar-refractivity contribution in [2.24, 2.45) is 0 Å². The first kappa shape index (κ1) is 18.2. The summed E-state index contributed by atoms with van der Waals surface area (Å²) in [4.78, 5) is 11.7. The molecule has 2 N–H and O–H groups in total. The first-order valence-corrected chi connectivity index (χ1v) is 11.4. The average Bonchev–Trinajstić information content (AvgIpc) is 3.08. The minimum atomic E-state index is -3.72. The van der Waals surface area contributed by atoms with E-state index in [2.05, 4.69) is 25.3 Å². The lowest BCUT2D eigenvalue weighted by molar-refractivity contribution is 0.586. The molecule has 0 amide bonds. The van der Waals surface area contributed by atoms with Gasteiger partial charge in [-0.2, -0.15) is 9.50 Å². The zero-order valence-electron chi connectivity index (χ0n) is 15.1. The van der Waals surface area contributed by atoms with Crippen molar-refractivity contribution >= 4 is 33.4 Å². The largest absolute Gasteiger partial charge is 0.291 e. The summed E-state index contributed by atoms with van der Waals surface area (Å²) in [6.45, 7) is 1.91. The molecule has 2 heterocycles. The highest BCUT2D eigenvalue weighted by Gasteiger charge is 2.22. The van der Waals surface area contributed by atoms with Gasteiger partial charge in [-0.3, -0.25) is 5.43 Å². The Balaban J connectivity index is 1.72. The Hall–Kier alpha value is -2.17. The van der Waals surface area contributed by atoms with Gasteiger partial charge in [0, 0.05) is 5.56 Å². The third kappa shape index (κ3) is 3.52. The number of aromatic nitrogens is 4. The number of benzene rings is 1. The van der Waals surface area contributed by atoms with Crippen molar-refractivity contribution in [3.63, 3.8) is 0 Å². The summed E-state index contributed by atoms with van der Waals surface area (Å²) < 4.78 is 26.9. The molecule has 1 aliphatic carbocycles. The van der Waals surface area contributed by atoms with E-state index in [0.717, 1.165) is 42.5 Å². The van der Waals surface area contributed by atoms with E-state index < -0.39 is 10.0 Å². The van der Waals surface area contributed by atoms with E-state index in [1.807, 2.05) is 13.2 Å². The zero-order valence-corrected chi connectivity index (χ0v) is 16.7. The van der Waals surface area contributed by atoms with Gasteiger partial charge in [-0.05, 0) is 51.0 Å². The lowest BCUT2D eigenvalue weighted by atomic mass is 9.96. The second-order valence-electron chi connectivity index (χ2n) is 6.45. The molecule has 0 saturated carbocycles. The number of aryl methyl sites for hydroxylation is 2. The van der Waals surface area contributed by atoms with Crippen molar-refractivity contribution in [1.82, 2.24) is 24.4 Å². The van der Waals surface area contributed by atoms with Crippen molar-refractivity contribution in [1.29, 1.82) is 0 Å². The monoisotopic (exact) mass is 404 g/mol. The molecule has 0 spiro atoms. The maximum atomic E-state index is 12.6. The molecular formula is C17H20N6O2S2. The Bertz CT molecular complexity index is 1090. The molecule has 142 valence electrons. The number of sulfonamides is 1. The van der Waals surface area contributed by atoms with Crippen molar-refractivity contribution in [2.75, 3.05) is 11.7 Å². The third-order valence-electron chi connectivity index (χ3n) is 4.56. The minimum Gasteiger partial charge on any atom is -0.291 e. The van der Waals surface area contributed by atoms with Crippen molar-refractivity contribution in [3.05, 3.63) is 41.1 Å². The molecule has 0 unspecified atom stereocenters. The molecule has 0 radical (unpaired) electrons. The predicted octanol–water partition coefficient (Wildman–Crippen LogP) is 2.34. The number of fused-ring (bicyclic) bond motifs is 2. The molecule has 10 heteroatoms. The summed E-state index contributed by atoms with van der Waals surface area (Å²) in [7, 11) is -3.72. The first-order valence-electron chi connectivity index (χ1n) is 8.65. The number of hydrogen-bond acceptors (Lipinski definition) is 7. The summed E-state index contributed by atoms with van der Waals surface area (Å²) in [5, 5.41) is 5.02. The summed E-state index contributed by atoms with van der Waals surface area (Å²) in [5.41, 5.74) is 5.81. The van der Waals surface area contributed by atoms with E-state index in [1.165, 1.54) is 11.8 Å². The number of nitrogens with zero attached hydrogens (tertiary/aromatic N) is 4. The second kappa shape index (κ2) is 7.10. The van der Waals surface area contributed by atoms with Gasteiger partial charge >= 0.3 is 0 Å². The van der Waals surface area contributed by atoms with Crippen LogP contribution in [0.4, 0.5) is 5.82 Å². The van der Waals surface area contributed by atoms with Gasteiger partial charge in [0.05, 0.1) is 10.6 Å². The topological polar surface area (TPSA) is 101 Å².